The standard InChI is InChI=1S/C21H35N5O2S/c1-24-19(22-23-21(24)29-15-14-25-11-3-4-12-25)18-6-5-13-26(18)20(27)16-7-9-17(28-2)10-8-16/h16-18H,3-15H2,1-2H3/p+1/t16?,17?,18-/m1/s1. The van der Waals surface area contributed by atoms with Crippen molar-refractivity contribution in [2.24, 2.45) is 13.0 Å². The SMILES string of the molecule is COC1CCC(C(=O)N2CCC[C@@H]2c2nnc(SCC[NH+]3CCCC3)n2C)CC1. The second kappa shape index (κ2) is 9.79. The van der Waals surface area contributed by atoms with Gasteiger partial charge in [-0.15, -0.1) is 10.2 Å². The maximum atomic E-state index is 13.2. The molecule has 1 aromatic heterocycles. The van der Waals surface area contributed by atoms with Gasteiger partial charge in [0.1, 0.15) is 0 Å². The Hall–Kier alpha value is -1.12. The van der Waals surface area contributed by atoms with E-state index < -0.39 is 0 Å². The number of ether oxygens (including phenoxy) is 1. The highest BCUT2D eigenvalue weighted by molar-refractivity contribution is 7.99. The first-order chi connectivity index (χ1) is 14.2. The number of nitrogens with one attached hydrogen (secondary N) is 1. The number of methoxy groups -OCH3 is 1. The summed E-state index contributed by atoms with van der Waals surface area (Å²) >= 11 is 1.81. The first-order valence-corrected chi connectivity index (χ1v) is 12.3. The molecule has 3 fully saturated rings. The van der Waals surface area contributed by atoms with E-state index in [1.165, 1.54) is 32.5 Å². The molecule has 1 saturated carbocycles. The molecular formula is C21H36N5O2S+. The monoisotopic (exact) mass is 422 g/mol. The van der Waals surface area contributed by atoms with Gasteiger partial charge in [0, 0.05) is 39.5 Å². The molecule has 7 nitrogen and oxygen atoms in total. The summed E-state index contributed by atoms with van der Waals surface area (Å²) < 4.78 is 7.59. The summed E-state index contributed by atoms with van der Waals surface area (Å²) in [5.41, 5.74) is 0. The number of carbonyl (C=O) groups is 1. The van der Waals surface area contributed by atoms with Crippen LogP contribution < -0.4 is 4.90 Å². The van der Waals surface area contributed by atoms with Crippen LogP contribution in [0.15, 0.2) is 5.16 Å². The lowest BCUT2D eigenvalue weighted by Crippen LogP contribution is -3.10. The van der Waals surface area contributed by atoms with Crippen molar-refractivity contribution < 1.29 is 14.4 Å². The fourth-order valence-corrected chi connectivity index (χ4v) is 6.19. The van der Waals surface area contributed by atoms with Gasteiger partial charge in [-0.2, -0.15) is 0 Å². The second-order valence-electron chi connectivity index (χ2n) is 8.85. The third-order valence-corrected chi connectivity index (χ3v) is 8.08. The van der Waals surface area contributed by atoms with Crippen molar-refractivity contribution in [1.82, 2.24) is 19.7 Å². The lowest BCUT2D eigenvalue weighted by Gasteiger charge is -2.32. The molecule has 1 atom stereocenters. The van der Waals surface area contributed by atoms with Gasteiger partial charge in [0.2, 0.25) is 5.91 Å². The second-order valence-corrected chi connectivity index (χ2v) is 9.92. The summed E-state index contributed by atoms with van der Waals surface area (Å²) in [5, 5.41) is 9.97. The van der Waals surface area contributed by atoms with E-state index in [9.17, 15) is 4.79 Å². The van der Waals surface area contributed by atoms with Crippen LogP contribution in [0.1, 0.15) is 63.2 Å². The third-order valence-electron chi connectivity index (χ3n) is 7.06. The zero-order chi connectivity index (χ0) is 20.2. The molecule has 3 heterocycles. The molecule has 8 heteroatoms. The third kappa shape index (κ3) is 4.80. The molecule has 0 aromatic carbocycles. The number of amides is 1. The number of hydrogen-bond donors (Lipinski definition) is 1. The molecule has 0 unspecified atom stereocenters. The predicted octanol–water partition coefficient (Wildman–Crippen LogP) is 1.45. The van der Waals surface area contributed by atoms with Crippen molar-refractivity contribution in [3.05, 3.63) is 5.82 Å². The lowest BCUT2D eigenvalue weighted by atomic mass is 9.86. The van der Waals surface area contributed by atoms with Gasteiger partial charge in [-0.3, -0.25) is 4.79 Å². The van der Waals surface area contributed by atoms with Crippen LogP contribution in [0.25, 0.3) is 0 Å². The summed E-state index contributed by atoms with van der Waals surface area (Å²) in [6, 6.07) is 0.0821. The first-order valence-electron chi connectivity index (χ1n) is 11.4. The minimum absolute atomic E-state index is 0.0821. The van der Waals surface area contributed by atoms with Gasteiger partial charge in [-0.1, -0.05) is 11.8 Å². The van der Waals surface area contributed by atoms with Gasteiger partial charge in [0.15, 0.2) is 11.0 Å². The fourth-order valence-electron chi connectivity index (χ4n) is 5.23. The van der Waals surface area contributed by atoms with Gasteiger partial charge in [-0.05, 0) is 38.5 Å². The molecule has 29 heavy (non-hydrogen) atoms. The Morgan fingerprint density at radius 2 is 1.90 bits per heavy atom. The van der Waals surface area contributed by atoms with Crippen LogP contribution >= 0.6 is 11.8 Å². The molecule has 3 aliphatic rings. The summed E-state index contributed by atoms with van der Waals surface area (Å²) in [6.07, 6.45) is 8.99. The largest absolute Gasteiger partial charge is 0.381 e. The quantitative estimate of drug-likeness (QED) is 0.674. The van der Waals surface area contributed by atoms with Crippen molar-refractivity contribution in [1.29, 1.82) is 0 Å². The average Bonchev–Trinajstić information content (AvgIpc) is 3.50. The molecule has 0 radical (unpaired) electrons. The number of nitrogens with zero attached hydrogens (tertiary/aromatic N) is 4. The molecule has 162 valence electrons. The molecule has 2 aliphatic heterocycles. The van der Waals surface area contributed by atoms with E-state index in [1.54, 1.807) is 23.8 Å². The molecular weight excluding hydrogens is 386 g/mol. The summed E-state index contributed by atoms with van der Waals surface area (Å²) in [4.78, 5) is 17.0. The lowest BCUT2D eigenvalue weighted by molar-refractivity contribution is -0.884. The Kier molecular flexibility index (Phi) is 7.13. The van der Waals surface area contributed by atoms with Gasteiger partial charge >= 0.3 is 0 Å². The highest BCUT2D eigenvalue weighted by atomic mass is 32.2. The zero-order valence-electron chi connectivity index (χ0n) is 17.9. The van der Waals surface area contributed by atoms with E-state index in [1.807, 2.05) is 0 Å². The Balaban J connectivity index is 1.35. The molecule has 1 aliphatic carbocycles. The van der Waals surface area contributed by atoms with E-state index >= 15 is 0 Å². The van der Waals surface area contributed by atoms with Gasteiger partial charge in [0.25, 0.3) is 0 Å². The van der Waals surface area contributed by atoms with Gasteiger partial charge in [-0.25, -0.2) is 0 Å². The molecule has 4 rings (SSSR count). The summed E-state index contributed by atoms with van der Waals surface area (Å²) in [5.74, 6) is 2.50. The number of carbonyl (C=O) groups excluding carboxylic acids is 1. The van der Waals surface area contributed by atoms with Gasteiger partial charge in [0.05, 0.1) is 37.5 Å². The molecule has 1 amide bonds. The van der Waals surface area contributed by atoms with Crippen molar-refractivity contribution >= 4 is 17.7 Å². The average molecular weight is 423 g/mol. The summed E-state index contributed by atoms with van der Waals surface area (Å²) in [7, 11) is 3.84. The van der Waals surface area contributed by atoms with Crippen molar-refractivity contribution in [3.63, 3.8) is 0 Å². The molecule has 2 saturated heterocycles. The van der Waals surface area contributed by atoms with Crippen LogP contribution in [0.4, 0.5) is 0 Å². The number of quaternary nitrogens is 1. The van der Waals surface area contributed by atoms with E-state index in [4.69, 9.17) is 4.74 Å². The number of aromatic nitrogens is 3. The number of rotatable bonds is 7. The topological polar surface area (TPSA) is 64.7 Å². The number of thioether (sulfide) groups is 1. The van der Waals surface area contributed by atoms with Crippen LogP contribution in [0.3, 0.4) is 0 Å². The number of hydrogen-bond acceptors (Lipinski definition) is 5. The van der Waals surface area contributed by atoms with E-state index in [-0.39, 0.29) is 12.0 Å². The molecule has 0 bridgehead atoms. The van der Waals surface area contributed by atoms with Crippen LogP contribution in [0, 0.1) is 5.92 Å². The maximum absolute atomic E-state index is 13.2. The van der Waals surface area contributed by atoms with E-state index in [2.05, 4.69) is 26.7 Å². The van der Waals surface area contributed by atoms with E-state index in [0.717, 1.165) is 61.8 Å². The highest BCUT2D eigenvalue weighted by Gasteiger charge is 2.38. The minimum Gasteiger partial charge on any atom is -0.381 e. The summed E-state index contributed by atoms with van der Waals surface area (Å²) in [6.45, 7) is 4.68. The Bertz CT molecular complexity index is 683. The fraction of sp³-hybridized carbons (Fsp3) is 0.857. The van der Waals surface area contributed by atoms with E-state index in [0.29, 0.717) is 12.0 Å². The van der Waals surface area contributed by atoms with Gasteiger partial charge < -0.3 is 19.1 Å². The maximum Gasteiger partial charge on any atom is 0.226 e. The molecule has 1 N–H and O–H groups in total. The normalized spacial score (nSPS) is 28.3. The predicted molar refractivity (Wildman–Crippen MR) is 113 cm³/mol. The first kappa shape index (κ1) is 21.1. The van der Waals surface area contributed by atoms with Crippen LogP contribution in [-0.4, -0.2) is 70.7 Å². The van der Waals surface area contributed by atoms with Crippen molar-refractivity contribution in [2.75, 3.05) is 39.0 Å². The van der Waals surface area contributed by atoms with Crippen molar-refractivity contribution in [3.8, 4) is 0 Å². The highest BCUT2D eigenvalue weighted by Crippen LogP contribution is 2.36. The van der Waals surface area contributed by atoms with Crippen LogP contribution in [0.2, 0.25) is 0 Å². The Labute approximate surface area is 178 Å². The molecule has 1 aromatic rings. The molecule has 0 spiro atoms. The minimum atomic E-state index is 0.0821. The number of likely N-dealkylation sites (tertiary alicyclic amines) is 2. The Morgan fingerprint density at radius 1 is 1.14 bits per heavy atom. The van der Waals surface area contributed by atoms with Crippen molar-refractivity contribution in [2.45, 2.75) is 68.7 Å². The zero-order valence-corrected chi connectivity index (χ0v) is 18.8. The van der Waals surface area contributed by atoms with Crippen LogP contribution in [0.5, 0.6) is 0 Å². The smallest absolute Gasteiger partial charge is 0.226 e. The van der Waals surface area contributed by atoms with Crippen LogP contribution in [-0.2, 0) is 16.6 Å². The Morgan fingerprint density at radius 3 is 2.62 bits per heavy atom.